The fraction of sp³-hybridized carbons (Fsp3) is 0.0323. The topological polar surface area (TPSA) is 147 Å². The van der Waals surface area contributed by atoms with Crippen LogP contribution in [-0.4, -0.2) is 45.0 Å². The highest BCUT2D eigenvalue weighted by Gasteiger charge is 2.37. The van der Waals surface area contributed by atoms with Gasteiger partial charge in [-0.05, 0) is 115 Å². The maximum Gasteiger partial charge on any atom is 0.342 e. The van der Waals surface area contributed by atoms with E-state index in [1.165, 1.54) is 12.2 Å². The van der Waals surface area contributed by atoms with Crippen molar-refractivity contribution in [1.29, 1.82) is 0 Å². The molecule has 3 heterocycles. The van der Waals surface area contributed by atoms with Gasteiger partial charge in [0.05, 0.1) is 36.3 Å². The average molecular weight is 1030 g/mol. The van der Waals surface area contributed by atoms with Gasteiger partial charge in [-0.3, -0.25) is 19.2 Å². The van der Waals surface area contributed by atoms with Gasteiger partial charge in [-0.25, -0.2) is 19.6 Å². The number of allylic oxidation sites excluding steroid dienone is 2. The molecule has 0 spiro atoms. The highest BCUT2D eigenvalue weighted by Crippen LogP contribution is 2.48. The zero-order valence-electron chi connectivity index (χ0n) is 39.0. The molecule has 14 rings (SSSR count). The van der Waals surface area contributed by atoms with E-state index in [2.05, 4.69) is 0 Å². The van der Waals surface area contributed by atoms with Crippen molar-refractivity contribution in [3.63, 3.8) is 0 Å². The summed E-state index contributed by atoms with van der Waals surface area (Å²) in [7, 11) is 0. The minimum absolute atomic E-state index is 0.0366. The Labute approximate surface area is 436 Å². The predicted molar refractivity (Wildman–Crippen MR) is 295 cm³/mol. The van der Waals surface area contributed by atoms with Gasteiger partial charge in [0.2, 0.25) is 0 Å². The molecule has 0 aliphatic heterocycles. The van der Waals surface area contributed by atoms with Gasteiger partial charge in [-0.2, -0.15) is 0 Å². The van der Waals surface area contributed by atoms with E-state index in [1.54, 1.807) is 24.3 Å². The lowest BCUT2D eigenvalue weighted by atomic mass is 9.99. The van der Waals surface area contributed by atoms with E-state index < -0.39 is 35.1 Å². The molecule has 0 saturated carbocycles. The number of hydrogen-bond acceptors (Lipinski definition) is 13. The molecule has 3 aromatic heterocycles. The largest absolute Gasteiger partial charge is 0.457 e. The maximum atomic E-state index is 14.9. The fourth-order valence-corrected chi connectivity index (χ4v) is 13.7. The smallest absolute Gasteiger partial charge is 0.342 e. The molecule has 0 N–H and O–H groups in total. The molecule has 9 aromatic carbocycles. The third-order valence-electron chi connectivity index (χ3n) is 13.9. The minimum Gasteiger partial charge on any atom is -0.457 e. The Hall–Kier alpha value is -9.14. The second-order valence-electron chi connectivity index (χ2n) is 18.4. The summed E-state index contributed by atoms with van der Waals surface area (Å²) < 4.78 is 13.2. The summed E-state index contributed by atoms with van der Waals surface area (Å²) in [5.41, 5.74) is 2.79. The zero-order valence-corrected chi connectivity index (χ0v) is 41.4. The highest BCUT2D eigenvalue weighted by molar-refractivity contribution is 7.33. The van der Waals surface area contributed by atoms with Crippen molar-refractivity contribution in [2.75, 3.05) is 0 Å². The van der Waals surface area contributed by atoms with Crippen molar-refractivity contribution in [1.82, 2.24) is 9.97 Å². The van der Waals surface area contributed by atoms with E-state index in [1.807, 2.05) is 133 Å². The third kappa shape index (κ3) is 7.34. The molecule has 0 unspecified atom stereocenters. The molecule has 0 fully saturated rings. The Morgan fingerprint density at radius 2 is 0.800 bits per heavy atom. The normalized spacial score (nSPS) is 13.3. The number of thiophene rings is 1. The minimum atomic E-state index is -0.724. The van der Waals surface area contributed by atoms with Gasteiger partial charge in [-0.1, -0.05) is 109 Å². The van der Waals surface area contributed by atoms with Crippen LogP contribution in [0.15, 0.2) is 169 Å². The summed E-state index contributed by atoms with van der Waals surface area (Å²) in [6.07, 6.45) is 2.92. The van der Waals surface area contributed by atoms with Crippen LogP contribution in [0.25, 0.3) is 85.1 Å². The Bertz CT molecular complexity index is 4510. The summed E-state index contributed by atoms with van der Waals surface area (Å²) in [6.45, 7) is -0.143. The van der Waals surface area contributed by atoms with E-state index in [0.717, 1.165) is 88.2 Å². The molecule has 0 bridgehead atoms. The number of nitrogens with zero attached hydrogens (tertiary/aromatic N) is 2. The summed E-state index contributed by atoms with van der Waals surface area (Å²) in [6, 6.07) is 49.2. The second kappa shape index (κ2) is 17.2. The number of carbonyl (C=O) groups excluding carboxylic acids is 6. The van der Waals surface area contributed by atoms with Gasteiger partial charge < -0.3 is 9.47 Å². The number of aromatic nitrogens is 2. The van der Waals surface area contributed by atoms with E-state index >= 15 is 0 Å². The number of ether oxygens (including phenoxy) is 2. The third-order valence-corrected chi connectivity index (χ3v) is 17.1. The first-order chi connectivity index (χ1) is 36.6. The van der Waals surface area contributed by atoms with Crippen LogP contribution in [0.2, 0.25) is 0 Å². The average Bonchev–Trinajstić information content (AvgIpc) is 4.22. The summed E-state index contributed by atoms with van der Waals surface area (Å²) in [4.78, 5) is 96.5. The SMILES string of the molecule is O=C1C(=Cc2nc3c(C(=O)OCc4ccccc4)c4sc5nc(C=C6C(=O)c7cc8cc9ccccc9cc8cc7C6=O)sc5c4c(C(=O)OCc4ccccc4)c3s2)C(=O)c2cc3cc4ccccc4cc3cc21. The lowest BCUT2D eigenvalue weighted by Crippen LogP contribution is -2.10. The van der Waals surface area contributed by atoms with Gasteiger partial charge in [0.25, 0.3) is 0 Å². The Morgan fingerprint density at radius 1 is 0.413 bits per heavy atom. The quantitative estimate of drug-likeness (QED) is 0.0623. The first-order valence-electron chi connectivity index (χ1n) is 23.8. The lowest BCUT2D eigenvalue weighted by molar-refractivity contribution is 0.0465. The molecule has 356 valence electrons. The molecule has 0 saturated heterocycles. The van der Waals surface area contributed by atoms with Gasteiger partial charge >= 0.3 is 11.9 Å². The van der Waals surface area contributed by atoms with Gasteiger partial charge in [-0.15, -0.1) is 34.0 Å². The predicted octanol–water partition coefficient (Wildman–Crippen LogP) is 14.4. The van der Waals surface area contributed by atoms with Crippen LogP contribution >= 0.6 is 34.0 Å². The van der Waals surface area contributed by atoms with Crippen molar-refractivity contribution in [3.8, 4) is 0 Å². The summed E-state index contributed by atoms with van der Waals surface area (Å²) in [5, 5.41) is 8.21. The number of carbonyl (C=O) groups is 6. The van der Waals surface area contributed by atoms with Crippen molar-refractivity contribution in [2.24, 2.45) is 0 Å². The molecule has 0 atom stereocenters. The van der Waals surface area contributed by atoms with Gasteiger partial charge in [0, 0.05) is 27.6 Å². The van der Waals surface area contributed by atoms with E-state index in [9.17, 15) is 28.8 Å². The standard InChI is InChI=1S/C62H32N2O8S3/c65-53-41-23-37-19-33-15-7-8-16-34(33)20-38(37)24-42(41)54(66)45(53)27-47-63-52-51(62(70)72-30-32-13-5-2-6-14-32)57-49(50(58(52)73-47)61(69)71-29-31-11-3-1-4-12-31)59-60(75-57)64-48(74-59)28-46-55(67)43-25-39-21-35-17-9-10-18-36(35)22-40(39)26-44(43)56(46)68/h1-28H,29-30H2. The number of Topliss-reactive ketones (excluding diaryl/α,β-unsaturated/α-hetero) is 4. The van der Waals surface area contributed by atoms with Crippen LogP contribution in [0, 0.1) is 0 Å². The Kier molecular flexibility index (Phi) is 10.2. The molecular formula is C62H32N2O8S3. The van der Waals surface area contributed by atoms with Crippen molar-refractivity contribution < 1.29 is 38.2 Å². The van der Waals surface area contributed by atoms with Crippen LogP contribution in [0.4, 0.5) is 0 Å². The monoisotopic (exact) mass is 1030 g/mol. The molecule has 10 nitrogen and oxygen atoms in total. The lowest BCUT2D eigenvalue weighted by Gasteiger charge is -2.11. The summed E-state index contributed by atoms with van der Waals surface area (Å²) >= 11 is 3.34. The number of esters is 2. The van der Waals surface area contributed by atoms with Crippen molar-refractivity contribution in [2.45, 2.75) is 13.2 Å². The van der Waals surface area contributed by atoms with Crippen LogP contribution in [-0.2, 0) is 22.7 Å². The van der Waals surface area contributed by atoms with Crippen LogP contribution < -0.4 is 0 Å². The number of ketones is 4. The van der Waals surface area contributed by atoms with E-state index in [4.69, 9.17) is 19.4 Å². The molecule has 2 aliphatic rings. The molecular weight excluding hydrogens is 997 g/mol. The summed E-state index contributed by atoms with van der Waals surface area (Å²) in [5.74, 6) is -3.21. The Balaban J connectivity index is 0.924. The van der Waals surface area contributed by atoms with Crippen molar-refractivity contribution >= 4 is 154 Å². The molecule has 13 heteroatoms. The second-order valence-corrected chi connectivity index (χ2v) is 21.5. The number of benzene rings is 9. The molecule has 12 aromatic rings. The van der Waals surface area contributed by atoms with Gasteiger partial charge in [0.1, 0.15) is 33.6 Å². The highest BCUT2D eigenvalue weighted by atomic mass is 32.1. The zero-order chi connectivity index (χ0) is 50.6. The first kappa shape index (κ1) is 44.6. The number of hydrogen-bond donors (Lipinski definition) is 0. The van der Waals surface area contributed by atoms with Gasteiger partial charge in [0.15, 0.2) is 23.1 Å². The van der Waals surface area contributed by atoms with Crippen LogP contribution in [0.5, 0.6) is 0 Å². The number of thiazole rings is 2. The molecule has 0 amide bonds. The molecule has 2 aliphatic carbocycles. The molecule has 75 heavy (non-hydrogen) atoms. The molecule has 0 radical (unpaired) electrons. The first-order valence-corrected chi connectivity index (χ1v) is 26.2. The van der Waals surface area contributed by atoms with E-state index in [0.29, 0.717) is 35.8 Å². The fourth-order valence-electron chi connectivity index (χ4n) is 10.2. The number of fused-ring (bicyclic) bond motifs is 10. The maximum absolute atomic E-state index is 14.9. The van der Waals surface area contributed by atoms with Crippen molar-refractivity contribution in [3.05, 3.63) is 223 Å². The Morgan fingerprint density at radius 3 is 1.24 bits per heavy atom. The van der Waals surface area contributed by atoms with E-state index in [-0.39, 0.29) is 61.8 Å². The van der Waals surface area contributed by atoms with Crippen LogP contribution in [0.3, 0.4) is 0 Å². The van der Waals surface area contributed by atoms with Crippen LogP contribution in [0.1, 0.15) is 83.3 Å². The number of rotatable bonds is 8.